The van der Waals surface area contributed by atoms with Gasteiger partial charge in [-0.2, -0.15) is 0 Å². The first-order valence-electron chi connectivity index (χ1n) is 5.75. The highest BCUT2D eigenvalue weighted by Crippen LogP contribution is 2.50. The molecule has 0 N–H and O–H groups in total. The Labute approximate surface area is 99.0 Å². The van der Waals surface area contributed by atoms with E-state index in [1.54, 1.807) is 0 Å². The van der Waals surface area contributed by atoms with Crippen LogP contribution < -0.4 is 0 Å². The second-order valence-corrected chi connectivity index (χ2v) is 14.1. The van der Waals surface area contributed by atoms with Crippen LogP contribution >= 0.6 is 23.5 Å². The van der Waals surface area contributed by atoms with Crippen LogP contribution in [0.1, 0.15) is 26.2 Å². The van der Waals surface area contributed by atoms with E-state index in [4.69, 9.17) is 0 Å². The lowest BCUT2D eigenvalue weighted by molar-refractivity contribution is 0.731. The molecule has 3 heteroatoms. The van der Waals surface area contributed by atoms with Crippen LogP contribution in [0.15, 0.2) is 0 Å². The fourth-order valence-corrected chi connectivity index (χ4v) is 10.4. The highest BCUT2D eigenvalue weighted by Gasteiger charge is 2.36. The van der Waals surface area contributed by atoms with E-state index < -0.39 is 8.07 Å². The highest BCUT2D eigenvalue weighted by atomic mass is 32.2. The van der Waals surface area contributed by atoms with E-state index >= 15 is 0 Å². The molecule has 1 heterocycles. The molecule has 0 aromatic carbocycles. The summed E-state index contributed by atoms with van der Waals surface area (Å²) in [6.45, 7) is 9.88. The summed E-state index contributed by atoms with van der Waals surface area (Å²) in [5, 5.41) is 0. The first-order chi connectivity index (χ1) is 6.47. The summed E-state index contributed by atoms with van der Waals surface area (Å²) in [6, 6.07) is 1.50. The smallest absolute Gasteiger partial charge is 0.0587 e. The Balaban J connectivity index is 2.60. The average Bonchev–Trinajstić information content (AvgIpc) is 2.02. The first kappa shape index (κ1) is 13.0. The third-order valence-corrected chi connectivity index (χ3v) is 8.07. The SMILES string of the molecule is CCCC1(C[Si](C)(C)C)SCCCS1. The van der Waals surface area contributed by atoms with E-state index in [9.17, 15) is 0 Å². The molecule has 0 spiro atoms. The Kier molecular flexibility index (Phi) is 4.92. The van der Waals surface area contributed by atoms with Crippen molar-refractivity contribution in [3.63, 3.8) is 0 Å². The third-order valence-electron chi connectivity index (χ3n) is 2.45. The number of rotatable bonds is 4. The molecular weight excluding hydrogens is 224 g/mol. The summed E-state index contributed by atoms with van der Waals surface area (Å²) in [7, 11) is -0.896. The Morgan fingerprint density at radius 1 is 1.14 bits per heavy atom. The molecule has 0 aromatic heterocycles. The molecule has 0 aliphatic carbocycles. The van der Waals surface area contributed by atoms with Gasteiger partial charge in [-0.3, -0.25) is 0 Å². The van der Waals surface area contributed by atoms with Crippen molar-refractivity contribution in [2.45, 2.75) is 56.0 Å². The van der Waals surface area contributed by atoms with Gasteiger partial charge in [-0.1, -0.05) is 33.0 Å². The standard InChI is InChI=1S/C11H24S2Si/c1-5-7-11(10-14(2,3)4)12-8-6-9-13-11/h5-10H2,1-4H3. The summed E-state index contributed by atoms with van der Waals surface area (Å²) in [5.74, 6) is 2.80. The van der Waals surface area contributed by atoms with Gasteiger partial charge in [0.2, 0.25) is 0 Å². The lowest BCUT2D eigenvalue weighted by Gasteiger charge is -2.40. The zero-order valence-corrected chi connectivity index (χ0v) is 12.7. The van der Waals surface area contributed by atoms with Crippen molar-refractivity contribution in [2.24, 2.45) is 0 Å². The normalized spacial score (nSPS) is 22.3. The van der Waals surface area contributed by atoms with Crippen LogP contribution in [0.25, 0.3) is 0 Å². The Morgan fingerprint density at radius 2 is 1.71 bits per heavy atom. The minimum atomic E-state index is -0.896. The van der Waals surface area contributed by atoms with Crippen LogP contribution in [0.4, 0.5) is 0 Å². The molecular formula is C11H24S2Si. The highest BCUT2D eigenvalue weighted by molar-refractivity contribution is 8.18. The van der Waals surface area contributed by atoms with Crippen molar-refractivity contribution in [2.75, 3.05) is 11.5 Å². The van der Waals surface area contributed by atoms with Gasteiger partial charge in [-0.25, -0.2) is 0 Å². The molecule has 0 amide bonds. The summed E-state index contributed by atoms with van der Waals surface area (Å²) >= 11 is 4.52. The van der Waals surface area contributed by atoms with Crippen LogP contribution in [-0.4, -0.2) is 23.7 Å². The lowest BCUT2D eigenvalue weighted by atomic mass is 10.2. The minimum Gasteiger partial charge on any atom is -0.144 e. The van der Waals surface area contributed by atoms with Gasteiger partial charge in [0.1, 0.15) is 0 Å². The topological polar surface area (TPSA) is 0 Å². The van der Waals surface area contributed by atoms with E-state index in [2.05, 4.69) is 50.1 Å². The van der Waals surface area contributed by atoms with Crippen LogP contribution in [0, 0.1) is 0 Å². The molecule has 84 valence electrons. The lowest BCUT2D eigenvalue weighted by Crippen LogP contribution is -2.35. The van der Waals surface area contributed by atoms with Crippen LogP contribution in [0.5, 0.6) is 0 Å². The maximum absolute atomic E-state index is 2.51. The Hall–Kier alpha value is 0.917. The van der Waals surface area contributed by atoms with Crippen LogP contribution in [0.3, 0.4) is 0 Å². The summed E-state index contributed by atoms with van der Waals surface area (Å²) in [4.78, 5) is 0. The molecule has 0 saturated carbocycles. The van der Waals surface area contributed by atoms with Gasteiger partial charge >= 0.3 is 0 Å². The van der Waals surface area contributed by atoms with Gasteiger partial charge in [0.05, 0.1) is 4.08 Å². The maximum Gasteiger partial charge on any atom is 0.0587 e. The zero-order chi connectivity index (χ0) is 10.7. The molecule has 0 bridgehead atoms. The second kappa shape index (κ2) is 5.31. The molecule has 1 aliphatic rings. The van der Waals surface area contributed by atoms with Gasteiger partial charge < -0.3 is 0 Å². The molecule has 1 rings (SSSR count). The molecule has 0 nitrogen and oxygen atoms in total. The molecule has 1 saturated heterocycles. The van der Waals surface area contributed by atoms with Crippen LogP contribution in [-0.2, 0) is 0 Å². The number of thioether (sulfide) groups is 2. The van der Waals surface area contributed by atoms with Crippen molar-refractivity contribution < 1.29 is 0 Å². The van der Waals surface area contributed by atoms with E-state index in [0.29, 0.717) is 4.08 Å². The third kappa shape index (κ3) is 4.19. The number of hydrogen-bond donors (Lipinski definition) is 0. The average molecular weight is 249 g/mol. The Morgan fingerprint density at radius 3 is 2.14 bits per heavy atom. The van der Waals surface area contributed by atoms with Crippen molar-refractivity contribution in [3.05, 3.63) is 0 Å². The fourth-order valence-electron chi connectivity index (χ4n) is 2.14. The van der Waals surface area contributed by atoms with Gasteiger partial charge in [0.15, 0.2) is 0 Å². The Bertz CT molecular complexity index is 163. The van der Waals surface area contributed by atoms with E-state index in [1.807, 2.05) is 0 Å². The molecule has 0 aromatic rings. The minimum absolute atomic E-state index is 0.609. The fraction of sp³-hybridized carbons (Fsp3) is 1.00. The van der Waals surface area contributed by atoms with Gasteiger partial charge in [0, 0.05) is 8.07 Å². The molecule has 0 atom stereocenters. The molecule has 0 unspecified atom stereocenters. The summed E-state index contributed by atoms with van der Waals surface area (Å²) in [6.07, 6.45) is 4.20. The van der Waals surface area contributed by atoms with E-state index in [0.717, 1.165) is 0 Å². The second-order valence-electron chi connectivity index (χ2n) is 5.45. The van der Waals surface area contributed by atoms with Gasteiger partial charge in [0.25, 0.3) is 0 Å². The quantitative estimate of drug-likeness (QED) is 0.662. The maximum atomic E-state index is 2.51. The first-order valence-corrected chi connectivity index (χ1v) is 11.4. The summed E-state index contributed by atoms with van der Waals surface area (Å²) < 4.78 is 0.609. The van der Waals surface area contributed by atoms with Crippen LogP contribution in [0.2, 0.25) is 25.7 Å². The van der Waals surface area contributed by atoms with Crippen molar-refractivity contribution >= 4 is 31.6 Å². The molecule has 14 heavy (non-hydrogen) atoms. The van der Waals surface area contributed by atoms with Crippen molar-refractivity contribution in [3.8, 4) is 0 Å². The predicted octanol–water partition coefficient (Wildman–Crippen LogP) is 4.69. The van der Waals surface area contributed by atoms with E-state index in [-0.39, 0.29) is 0 Å². The summed E-state index contributed by atoms with van der Waals surface area (Å²) in [5.41, 5.74) is 0. The van der Waals surface area contributed by atoms with Crippen molar-refractivity contribution in [1.29, 1.82) is 0 Å². The molecule has 1 fully saturated rings. The molecule has 1 aliphatic heterocycles. The van der Waals surface area contributed by atoms with Gasteiger partial charge in [-0.15, -0.1) is 23.5 Å². The van der Waals surface area contributed by atoms with Gasteiger partial charge in [-0.05, 0) is 30.4 Å². The monoisotopic (exact) mass is 248 g/mol. The number of hydrogen-bond acceptors (Lipinski definition) is 2. The van der Waals surface area contributed by atoms with E-state index in [1.165, 1.54) is 36.8 Å². The van der Waals surface area contributed by atoms with Crippen molar-refractivity contribution in [1.82, 2.24) is 0 Å². The molecule has 0 radical (unpaired) electrons. The zero-order valence-electron chi connectivity index (χ0n) is 10.1. The largest absolute Gasteiger partial charge is 0.144 e. The predicted molar refractivity (Wildman–Crippen MR) is 75.3 cm³/mol.